The molecule has 0 radical (unpaired) electrons. The Morgan fingerprint density at radius 3 is 2.32 bits per heavy atom. The molecule has 0 aliphatic carbocycles. The number of halogens is 1. The molecule has 0 aliphatic heterocycles. The van der Waals surface area contributed by atoms with Crippen LogP contribution in [0, 0.1) is 15.9 Å². The third-order valence-electron chi connectivity index (χ3n) is 2.76. The van der Waals surface area contributed by atoms with Crippen molar-refractivity contribution in [2.75, 3.05) is 0 Å². The summed E-state index contributed by atoms with van der Waals surface area (Å²) >= 11 is 0. The first-order valence-corrected chi connectivity index (χ1v) is 5.54. The van der Waals surface area contributed by atoms with Crippen LogP contribution in [0.4, 0.5) is 10.1 Å². The lowest BCUT2D eigenvalue weighted by Crippen LogP contribution is -1.97. The van der Waals surface area contributed by atoms with Gasteiger partial charge in [0.1, 0.15) is 5.82 Å². The molecule has 0 fully saturated rings. The van der Waals surface area contributed by atoms with Crippen LogP contribution in [0.5, 0.6) is 0 Å². The molecule has 0 saturated carbocycles. The molecule has 96 valence electrons. The largest absolute Gasteiger partial charge is 0.295 e. The Labute approximate surface area is 108 Å². The van der Waals surface area contributed by atoms with Crippen LogP contribution in [0.15, 0.2) is 42.5 Å². The van der Waals surface area contributed by atoms with Crippen LogP contribution in [-0.2, 0) is 0 Å². The molecule has 0 heterocycles. The van der Waals surface area contributed by atoms with Crippen molar-refractivity contribution in [1.29, 1.82) is 0 Å². The van der Waals surface area contributed by atoms with Gasteiger partial charge in [0, 0.05) is 11.6 Å². The van der Waals surface area contributed by atoms with E-state index in [9.17, 15) is 19.3 Å². The minimum absolute atomic E-state index is 0.167. The van der Waals surface area contributed by atoms with Gasteiger partial charge in [-0.15, -0.1) is 0 Å². The second-order valence-corrected chi connectivity index (χ2v) is 4.05. The molecule has 19 heavy (non-hydrogen) atoms. The number of Topliss-reactive ketones (excluding diaryl/α,β-unsaturated/α-hetero) is 1. The Morgan fingerprint density at radius 1 is 1.16 bits per heavy atom. The van der Waals surface area contributed by atoms with Crippen LogP contribution in [0.3, 0.4) is 0 Å². The van der Waals surface area contributed by atoms with Crippen LogP contribution >= 0.6 is 0 Å². The average molecular weight is 259 g/mol. The molecule has 0 aromatic heterocycles. The summed E-state index contributed by atoms with van der Waals surface area (Å²) in [6.45, 7) is 1.34. The summed E-state index contributed by atoms with van der Waals surface area (Å²) in [7, 11) is 0. The average Bonchev–Trinajstić information content (AvgIpc) is 2.38. The van der Waals surface area contributed by atoms with E-state index in [0.29, 0.717) is 11.1 Å². The zero-order chi connectivity index (χ0) is 14.0. The van der Waals surface area contributed by atoms with Gasteiger partial charge in [-0.05, 0) is 30.7 Å². The molecule has 0 aliphatic rings. The molecular weight excluding hydrogens is 249 g/mol. The highest BCUT2D eigenvalue weighted by Crippen LogP contribution is 2.30. The minimum Gasteiger partial charge on any atom is -0.295 e. The van der Waals surface area contributed by atoms with Crippen molar-refractivity contribution in [3.63, 3.8) is 0 Å². The zero-order valence-corrected chi connectivity index (χ0v) is 10.1. The van der Waals surface area contributed by atoms with Gasteiger partial charge in [0.25, 0.3) is 5.69 Å². The van der Waals surface area contributed by atoms with Gasteiger partial charge < -0.3 is 0 Å². The van der Waals surface area contributed by atoms with Crippen molar-refractivity contribution in [3.8, 4) is 11.1 Å². The summed E-state index contributed by atoms with van der Waals surface area (Å²) in [6, 6.07) is 9.66. The second-order valence-electron chi connectivity index (χ2n) is 4.05. The lowest BCUT2D eigenvalue weighted by Gasteiger charge is -2.04. The first-order chi connectivity index (χ1) is 8.99. The van der Waals surface area contributed by atoms with E-state index in [1.54, 1.807) is 0 Å². The number of carbonyl (C=O) groups excluding carboxylic acids is 1. The number of rotatable bonds is 3. The summed E-state index contributed by atoms with van der Waals surface area (Å²) in [4.78, 5) is 21.7. The van der Waals surface area contributed by atoms with E-state index in [-0.39, 0.29) is 17.0 Å². The topological polar surface area (TPSA) is 60.2 Å². The number of nitrogens with zero attached hydrogens (tertiary/aromatic N) is 1. The van der Waals surface area contributed by atoms with E-state index in [1.165, 1.54) is 49.4 Å². The van der Waals surface area contributed by atoms with Gasteiger partial charge in [-0.2, -0.15) is 0 Å². The highest BCUT2D eigenvalue weighted by molar-refractivity contribution is 5.96. The van der Waals surface area contributed by atoms with E-state index in [4.69, 9.17) is 0 Å². The minimum atomic E-state index is -0.550. The van der Waals surface area contributed by atoms with Crippen molar-refractivity contribution in [2.24, 2.45) is 0 Å². The van der Waals surface area contributed by atoms with Gasteiger partial charge in [0.2, 0.25) is 0 Å². The van der Waals surface area contributed by atoms with Crippen molar-refractivity contribution >= 4 is 11.5 Å². The maximum atomic E-state index is 12.9. The Bertz CT molecular complexity index is 650. The van der Waals surface area contributed by atoms with Gasteiger partial charge in [0.05, 0.1) is 10.5 Å². The van der Waals surface area contributed by atoms with Crippen molar-refractivity contribution in [3.05, 3.63) is 64.0 Å². The quantitative estimate of drug-likeness (QED) is 0.480. The molecule has 0 spiro atoms. The molecule has 2 aromatic carbocycles. The number of benzene rings is 2. The van der Waals surface area contributed by atoms with Crippen molar-refractivity contribution in [2.45, 2.75) is 6.92 Å². The molecule has 4 nitrogen and oxygen atoms in total. The van der Waals surface area contributed by atoms with Crippen LogP contribution in [0.1, 0.15) is 17.3 Å². The van der Waals surface area contributed by atoms with Crippen molar-refractivity contribution in [1.82, 2.24) is 0 Å². The lowest BCUT2D eigenvalue weighted by molar-refractivity contribution is -0.384. The highest BCUT2D eigenvalue weighted by Gasteiger charge is 2.17. The van der Waals surface area contributed by atoms with E-state index in [1.807, 2.05) is 0 Å². The lowest BCUT2D eigenvalue weighted by atomic mass is 10.0. The van der Waals surface area contributed by atoms with Gasteiger partial charge in [-0.3, -0.25) is 14.9 Å². The van der Waals surface area contributed by atoms with Gasteiger partial charge >= 0.3 is 0 Å². The van der Waals surface area contributed by atoms with Crippen molar-refractivity contribution < 1.29 is 14.1 Å². The molecule has 0 bridgehead atoms. The third-order valence-corrected chi connectivity index (χ3v) is 2.76. The van der Waals surface area contributed by atoms with E-state index < -0.39 is 10.7 Å². The Balaban J connectivity index is 2.59. The first-order valence-electron chi connectivity index (χ1n) is 5.54. The summed E-state index contributed by atoms with van der Waals surface area (Å²) in [6.07, 6.45) is 0. The summed E-state index contributed by atoms with van der Waals surface area (Å²) in [5.41, 5.74) is 0.995. The number of hydrogen-bond acceptors (Lipinski definition) is 3. The van der Waals surface area contributed by atoms with E-state index >= 15 is 0 Å². The Morgan fingerprint density at radius 2 is 1.79 bits per heavy atom. The molecule has 2 aromatic rings. The first kappa shape index (κ1) is 12.9. The summed E-state index contributed by atoms with van der Waals surface area (Å²) < 4.78 is 12.9. The normalized spacial score (nSPS) is 10.2. The number of ketones is 1. The predicted octanol–water partition coefficient (Wildman–Crippen LogP) is 3.60. The molecular formula is C14H10FNO3. The standard InChI is InChI=1S/C14H10FNO3/c1-9(17)11-4-7-13(14(8-11)16(18)19)10-2-5-12(15)6-3-10/h2-8H,1H3. The van der Waals surface area contributed by atoms with Crippen LogP contribution < -0.4 is 0 Å². The van der Waals surface area contributed by atoms with E-state index in [2.05, 4.69) is 0 Å². The number of nitro benzene ring substituents is 1. The van der Waals surface area contributed by atoms with E-state index in [0.717, 1.165) is 0 Å². The maximum Gasteiger partial charge on any atom is 0.277 e. The van der Waals surface area contributed by atoms with Gasteiger partial charge in [-0.25, -0.2) is 4.39 Å². The molecule has 0 atom stereocenters. The van der Waals surface area contributed by atoms with Crippen LogP contribution in [0.2, 0.25) is 0 Å². The maximum absolute atomic E-state index is 12.9. The molecule has 5 heteroatoms. The molecule has 0 saturated heterocycles. The SMILES string of the molecule is CC(=O)c1ccc(-c2ccc(F)cc2)c([N+](=O)[O-])c1. The fourth-order valence-electron chi connectivity index (χ4n) is 1.78. The number of carbonyl (C=O) groups is 1. The van der Waals surface area contributed by atoms with Crippen LogP contribution in [-0.4, -0.2) is 10.7 Å². The predicted molar refractivity (Wildman–Crippen MR) is 68.5 cm³/mol. The molecule has 0 unspecified atom stereocenters. The Hall–Kier alpha value is -2.56. The van der Waals surface area contributed by atoms with Gasteiger partial charge in [0.15, 0.2) is 5.78 Å². The summed E-state index contributed by atoms with van der Waals surface area (Å²) in [5, 5.41) is 11.1. The van der Waals surface area contributed by atoms with Crippen LogP contribution in [0.25, 0.3) is 11.1 Å². The second kappa shape index (κ2) is 4.97. The molecule has 0 amide bonds. The highest BCUT2D eigenvalue weighted by atomic mass is 19.1. The third kappa shape index (κ3) is 2.65. The fourth-order valence-corrected chi connectivity index (χ4v) is 1.78. The fraction of sp³-hybridized carbons (Fsp3) is 0.0714. The molecule has 0 N–H and O–H groups in total. The zero-order valence-electron chi connectivity index (χ0n) is 10.1. The number of hydrogen-bond donors (Lipinski definition) is 0. The number of nitro groups is 1. The Kier molecular flexibility index (Phi) is 3.37. The monoisotopic (exact) mass is 259 g/mol. The smallest absolute Gasteiger partial charge is 0.277 e. The molecule has 2 rings (SSSR count). The van der Waals surface area contributed by atoms with Gasteiger partial charge in [-0.1, -0.05) is 18.2 Å². The summed E-state index contributed by atoms with van der Waals surface area (Å²) in [5.74, 6) is -0.652.